The number of carbonyl (C=O) groups excluding carboxylic acids is 1. The zero-order chi connectivity index (χ0) is 14.8. The van der Waals surface area contributed by atoms with Gasteiger partial charge in [0.25, 0.3) is 0 Å². The first-order valence-electron chi connectivity index (χ1n) is 9.06. The van der Waals surface area contributed by atoms with E-state index in [2.05, 4.69) is 13.8 Å². The SMILES string of the molecule is CC.CCC(CC)(CC(C)=O)C12CC3CC4CC(C1)C432. The monoisotopic (exact) mass is 276 g/mol. The lowest BCUT2D eigenvalue weighted by Gasteiger charge is -2.94. The van der Waals surface area contributed by atoms with Crippen LogP contribution in [0.4, 0.5) is 0 Å². The molecule has 0 aromatic heterocycles. The Labute approximate surface area is 124 Å². The van der Waals surface area contributed by atoms with Gasteiger partial charge in [0.1, 0.15) is 5.78 Å². The van der Waals surface area contributed by atoms with Gasteiger partial charge in [0.15, 0.2) is 0 Å². The number of Topliss-reactive ketones (excluding diaryl/α,β-unsaturated/α-hetero) is 1. The van der Waals surface area contributed by atoms with Gasteiger partial charge in [-0.2, -0.15) is 0 Å². The first-order valence-corrected chi connectivity index (χ1v) is 9.06. The van der Waals surface area contributed by atoms with Gasteiger partial charge in [0.05, 0.1) is 0 Å². The normalized spacial score (nSPS) is 46.1. The van der Waals surface area contributed by atoms with Crippen LogP contribution in [0.2, 0.25) is 0 Å². The Balaban J connectivity index is 0.000000581. The van der Waals surface area contributed by atoms with Crippen molar-refractivity contribution >= 4 is 5.78 Å². The molecule has 2 unspecified atom stereocenters. The van der Waals surface area contributed by atoms with Gasteiger partial charge in [-0.25, -0.2) is 0 Å². The second kappa shape index (κ2) is 4.34. The summed E-state index contributed by atoms with van der Waals surface area (Å²) in [5.41, 5.74) is 1.73. The third-order valence-electron chi connectivity index (χ3n) is 8.14. The van der Waals surface area contributed by atoms with E-state index in [4.69, 9.17) is 0 Å². The lowest BCUT2D eigenvalue weighted by Crippen LogP contribution is -2.88. The molecule has 4 fully saturated rings. The molecule has 1 nitrogen and oxygen atoms in total. The molecule has 0 N–H and O–H groups in total. The van der Waals surface area contributed by atoms with Crippen LogP contribution in [-0.4, -0.2) is 5.78 Å². The minimum Gasteiger partial charge on any atom is -0.300 e. The van der Waals surface area contributed by atoms with Gasteiger partial charge in [0.2, 0.25) is 0 Å². The molecule has 1 heteroatoms. The highest BCUT2D eigenvalue weighted by Gasteiger charge is 2.90. The van der Waals surface area contributed by atoms with E-state index in [1.165, 1.54) is 38.5 Å². The van der Waals surface area contributed by atoms with Crippen molar-refractivity contribution in [1.82, 2.24) is 0 Å². The average molecular weight is 276 g/mol. The summed E-state index contributed by atoms with van der Waals surface area (Å²) in [6.07, 6.45) is 9.29. The van der Waals surface area contributed by atoms with Crippen molar-refractivity contribution in [3.8, 4) is 0 Å². The molecular weight excluding hydrogens is 244 g/mol. The molecule has 0 heterocycles. The van der Waals surface area contributed by atoms with E-state index in [1.807, 2.05) is 13.8 Å². The summed E-state index contributed by atoms with van der Waals surface area (Å²) in [4.78, 5) is 11.8. The fourth-order valence-electron chi connectivity index (χ4n) is 7.65. The van der Waals surface area contributed by atoms with Gasteiger partial charge >= 0.3 is 0 Å². The predicted molar refractivity (Wildman–Crippen MR) is 83.5 cm³/mol. The number of ketones is 1. The van der Waals surface area contributed by atoms with Gasteiger partial charge in [-0.1, -0.05) is 27.7 Å². The van der Waals surface area contributed by atoms with E-state index in [9.17, 15) is 4.79 Å². The van der Waals surface area contributed by atoms with Gasteiger partial charge in [-0.05, 0) is 79.4 Å². The maximum atomic E-state index is 11.8. The molecule has 1 spiro atoms. The van der Waals surface area contributed by atoms with Crippen LogP contribution in [-0.2, 0) is 4.79 Å². The first kappa shape index (κ1) is 14.6. The number of hydrogen-bond acceptors (Lipinski definition) is 1. The molecule has 0 aromatic carbocycles. The molecule has 114 valence electrons. The minimum atomic E-state index is 0.352. The summed E-state index contributed by atoms with van der Waals surface area (Å²) in [6.45, 7) is 10.5. The number of hydrogen-bond donors (Lipinski definition) is 0. The van der Waals surface area contributed by atoms with Gasteiger partial charge < -0.3 is 4.79 Å². The van der Waals surface area contributed by atoms with E-state index in [0.717, 1.165) is 29.6 Å². The number of carbonyl (C=O) groups is 1. The summed E-state index contributed by atoms with van der Waals surface area (Å²) < 4.78 is 0. The first-order chi connectivity index (χ1) is 9.56. The van der Waals surface area contributed by atoms with Crippen molar-refractivity contribution in [2.45, 2.75) is 79.6 Å². The molecule has 20 heavy (non-hydrogen) atoms. The van der Waals surface area contributed by atoms with E-state index in [-0.39, 0.29) is 0 Å². The second-order valence-corrected chi connectivity index (χ2v) is 7.85. The molecule has 2 atom stereocenters. The lowest BCUT2D eigenvalue weighted by atomic mass is 9.10. The molecule has 0 aromatic rings. The van der Waals surface area contributed by atoms with Crippen LogP contribution in [0, 0.1) is 34.0 Å². The molecule has 4 aliphatic rings. The smallest absolute Gasteiger partial charge is 0.130 e. The molecule has 0 amide bonds. The maximum absolute atomic E-state index is 11.8. The van der Waals surface area contributed by atoms with Crippen LogP contribution < -0.4 is 0 Å². The van der Waals surface area contributed by atoms with Crippen molar-refractivity contribution in [1.29, 1.82) is 0 Å². The quantitative estimate of drug-likeness (QED) is 0.671. The largest absolute Gasteiger partial charge is 0.300 e. The predicted octanol–water partition coefficient (Wildman–Crippen LogP) is 5.23. The molecule has 0 bridgehead atoms. The standard InChI is InChI=1S/C17H26O.C2H6/c1-4-15(5-2,8-11(3)18)16-9-13-6-12-7-14(10-16)17(12,13)16;1-2/h12-14H,4-10H2,1-3H3;1-2H3. The highest BCUT2D eigenvalue weighted by molar-refractivity contribution is 5.76. The fraction of sp³-hybridized carbons (Fsp3) is 0.947. The van der Waals surface area contributed by atoms with Crippen LogP contribution in [0.5, 0.6) is 0 Å². The van der Waals surface area contributed by atoms with Crippen LogP contribution >= 0.6 is 0 Å². The lowest BCUT2D eigenvalue weighted by molar-refractivity contribution is -0.464. The van der Waals surface area contributed by atoms with Crippen molar-refractivity contribution < 1.29 is 4.79 Å². The van der Waals surface area contributed by atoms with Crippen LogP contribution in [0.3, 0.4) is 0 Å². The van der Waals surface area contributed by atoms with Gasteiger partial charge in [-0.3, -0.25) is 0 Å². The third-order valence-corrected chi connectivity index (χ3v) is 8.14. The van der Waals surface area contributed by atoms with Gasteiger partial charge in [-0.15, -0.1) is 0 Å². The second-order valence-electron chi connectivity index (χ2n) is 7.85. The number of rotatable bonds is 5. The van der Waals surface area contributed by atoms with Crippen LogP contribution in [0.1, 0.15) is 79.6 Å². The Kier molecular flexibility index (Phi) is 3.16. The van der Waals surface area contributed by atoms with E-state index < -0.39 is 0 Å². The van der Waals surface area contributed by atoms with E-state index >= 15 is 0 Å². The molecule has 0 radical (unpaired) electrons. The fourth-order valence-corrected chi connectivity index (χ4v) is 7.65. The molecule has 0 aliphatic heterocycles. The van der Waals surface area contributed by atoms with E-state index in [1.54, 1.807) is 6.92 Å². The Morgan fingerprint density at radius 2 is 1.55 bits per heavy atom. The average Bonchev–Trinajstić information content (AvgIpc) is 2.35. The molecular formula is C19H32O. The summed E-state index contributed by atoms with van der Waals surface area (Å²) in [5.74, 6) is 3.63. The summed E-state index contributed by atoms with van der Waals surface area (Å²) >= 11 is 0. The van der Waals surface area contributed by atoms with Crippen LogP contribution in [0.15, 0.2) is 0 Å². The Morgan fingerprint density at radius 3 is 1.85 bits per heavy atom. The van der Waals surface area contributed by atoms with Crippen molar-refractivity contribution in [3.05, 3.63) is 0 Å². The Morgan fingerprint density at radius 1 is 1.05 bits per heavy atom. The van der Waals surface area contributed by atoms with Crippen molar-refractivity contribution in [3.63, 3.8) is 0 Å². The highest BCUT2D eigenvalue weighted by Crippen LogP contribution is 2.96. The summed E-state index contributed by atoms with van der Waals surface area (Å²) in [6, 6.07) is 0. The molecule has 4 aliphatic carbocycles. The molecule has 0 saturated heterocycles. The zero-order valence-corrected chi connectivity index (χ0v) is 14.1. The molecule has 4 saturated carbocycles. The van der Waals surface area contributed by atoms with E-state index in [0.29, 0.717) is 16.6 Å². The minimum absolute atomic E-state index is 0.352. The third kappa shape index (κ3) is 1.17. The van der Waals surface area contributed by atoms with Crippen molar-refractivity contribution in [2.24, 2.45) is 34.0 Å². The van der Waals surface area contributed by atoms with Crippen molar-refractivity contribution in [2.75, 3.05) is 0 Å². The Hall–Kier alpha value is -0.330. The summed E-state index contributed by atoms with van der Waals surface area (Å²) in [5, 5.41) is 0. The molecule has 4 rings (SSSR count). The van der Waals surface area contributed by atoms with Crippen LogP contribution in [0.25, 0.3) is 0 Å². The highest BCUT2D eigenvalue weighted by atomic mass is 16.1. The summed E-state index contributed by atoms with van der Waals surface area (Å²) in [7, 11) is 0. The maximum Gasteiger partial charge on any atom is 0.130 e. The topological polar surface area (TPSA) is 17.1 Å². The Bertz CT molecular complexity index is 392. The van der Waals surface area contributed by atoms with Gasteiger partial charge in [0, 0.05) is 6.42 Å². The zero-order valence-electron chi connectivity index (χ0n) is 14.1.